The molecule has 0 aliphatic rings. The molecule has 0 radical (unpaired) electrons. The van der Waals surface area contributed by atoms with Gasteiger partial charge in [0.2, 0.25) is 10.0 Å². The fraction of sp³-hybridized carbons (Fsp3) is 0.294. The van der Waals surface area contributed by atoms with Crippen molar-refractivity contribution in [1.82, 2.24) is 4.31 Å². The fourth-order valence-electron chi connectivity index (χ4n) is 2.18. The predicted octanol–water partition coefficient (Wildman–Crippen LogP) is 3.33. The summed E-state index contributed by atoms with van der Waals surface area (Å²) in [6.45, 7) is 3.59. The van der Waals surface area contributed by atoms with Gasteiger partial charge in [0.05, 0.1) is 11.5 Å². The molecular weight excluding hydrogens is 378 g/mol. The maximum atomic E-state index is 12.9. The Kier molecular flexibility index (Phi) is 5.97. The molecule has 1 unspecified atom stereocenters. The summed E-state index contributed by atoms with van der Waals surface area (Å²) in [7, 11) is -3.68. The Labute approximate surface area is 145 Å². The first-order chi connectivity index (χ1) is 10.8. The van der Waals surface area contributed by atoms with Crippen LogP contribution in [0.3, 0.4) is 0 Å². The molecule has 23 heavy (non-hydrogen) atoms. The molecule has 0 bridgehead atoms. The van der Waals surface area contributed by atoms with E-state index >= 15 is 0 Å². The van der Waals surface area contributed by atoms with Crippen molar-refractivity contribution in [2.75, 3.05) is 6.61 Å². The number of rotatable bonds is 6. The number of sulfonamides is 1. The molecule has 0 amide bonds. The SMILES string of the molecule is Cc1ccc(S(=O)(=O)N(Cc2ccc(Br)cc2)C(C)CO)cc1. The molecule has 2 rings (SSSR count). The van der Waals surface area contributed by atoms with Crippen molar-refractivity contribution in [2.45, 2.75) is 31.3 Å². The van der Waals surface area contributed by atoms with Crippen LogP contribution in [0.2, 0.25) is 0 Å². The predicted molar refractivity (Wildman–Crippen MR) is 94.6 cm³/mol. The van der Waals surface area contributed by atoms with Crippen molar-refractivity contribution >= 4 is 26.0 Å². The van der Waals surface area contributed by atoms with Gasteiger partial charge >= 0.3 is 0 Å². The second-order valence-corrected chi connectivity index (χ2v) is 8.33. The highest BCUT2D eigenvalue weighted by Gasteiger charge is 2.28. The van der Waals surface area contributed by atoms with Gasteiger partial charge in [-0.25, -0.2) is 8.42 Å². The molecule has 0 saturated carbocycles. The summed E-state index contributed by atoms with van der Waals surface area (Å²) in [5.41, 5.74) is 1.86. The van der Waals surface area contributed by atoms with Crippen LogP contribution in [0, 0.1) is 6.92 Å². The standard InChI is InChI=1S/C17H20BrNO3S/c1-13-3-9-17(10-4-13)23(21,22)19(14(2)12-20)11-15-5-7-16(18)8-6-15/h3-10,14,20H,11-12H2,1-2H3. The molecule has 124 valence electrons. The van der Waals surface area contributed by atoms with Gasteiger partial charge in [0, 0.05) is 17.1 Å². The van der Waals surface area contributed by atoms with Crippen LogP contribution >= 0.6 is 15.9 Å². The smallest absolute Gasteiger partial charge is 0.243 e. The van der Waals surface area contributed by atoms with Gasteiger partial charge < -0.3 is 5.11 Å². The molecule has 1 atom stereocenters. The fourth-order valence-corrected chi connectivity index (χ4v) is 4.06. The Hall–Kier alpha value is -1.21. The van der Waals surface area contributed by atoms with Gasteiger partial charge in [-0.05, 0) is 43.7 Å². The van der Waals surface area contributed by atoms with Crippen LogP contribution in [0.1, 0.15) is 18.1 Å². The molecule has 0 saturated heterocycles. The number of hydrogen-bond acceptors (Lipinski definition) is 3. The van der Waals surface area contributed by atoms with Crippen molar-refractivity contribution in [3.05, 3.63) is 64.1 Å². The number of aryl methyl sites for hydroxylation is 1. The number of aliphatic hydroxyl groups excluding tert-OH is 1. The minimum atomic E-state index is -3.68. The zero-order chi connectivity index (χ0) is 17.0. The van der Waals surface area contributed by atoms with Gasteiger partial charge in [-0.1, -0.05) is 45.8 Å². The van der Waals surface area contributed by atoms with E-state index < -0.39 is 16.1 Å². The molecule has 2 aromatic carbocycles. The van der Waals surface area contributed by atoms with Crippen molar-refractivity contribution in [2.24, 2.45) is 0 Å². The molecule has 1 N–H and O–H groups in total. The van der Waals surface area contributed by atoms with E-state index in [0.29, 0.717) is 0 Å². The van der Waals surface area contributed by atoms with Gasteiger partial charge in [-0.3, -0.25) is 0 Å². The van der Waals surface area contributed by atoms with E-state index in [4.69, 9.17) is 0 Å². The summed E-state index contributed by atoms with van der Waals surface area (Å²) < 4.78 is 28.1. The van der Waals surface area contributed by atoms with E-state index in [1.807, 2.05) is 31.2 Å². The van der Waals surface area contributed by atoms with E-state index in [1.54, 1.807) is 31.2 Å². The molecule has 0 aromatic heterocycles. The maximum absolute atomic E-state index is 12.9. The summed E-state index contributed by atoms with van der Waals surface area (Å²) in [4.78, 5) is 0.237. The van der Waals surface area contributed by atoms with E-state index in [2.05, 4.69) is 15.9 Å². The molecule has 0 fully saturated rings. The van der Waals surface area contributed by atoms with Gasteiger partial charge in [0.25, 0.3) is 0 Å². The third-order valence-electron chi connectivity index (χ3n) is 3.64. The van der Waals surface area contributed by atoms with Crippen LogP contribution in [0.25, 0.3) is 0 Å². The second-order valence-electron chi connectivity index (χ2n) is 5.52. The number of benzene rings is 2. The average Bonchev–Trinajstić information content (AvgIpc) is 2.54. The Morgan fingerprint density at radius 1 is 1.09 bits per heavy atom. The molecule has 6 heteroatoms. The van der Waals surface area contributed by atoms with E-state index in [0.717, 1.165) is 15.6 Å². The maximum Gasteiger partial charge on any atom is 0.243 e. The molecule has 0 aliphatic carbocycles. The van der Waals surface area contributed by atoms with Gasteiger partial charge in [-0.15, -0.1) is 0 Å². The van der Waals surface area contributed by atoms with Gasteiger partial charge in [-0.2, -0.15) is 4.31 Å². The largest absolute Gasteiger partial charge is 0.395 e. The minimum Gasteiger partial charge on any atom is -0.395 e. The lowest BCUT2D eigenvalue weighted by atomic mass is 10.2. The first-order valence-electron chi connectivity index (χ1n) is 7.28. The molecule has 0 spiro atoms. The van der Waals surface area contributed by atoms with E-state index in [1.165, 1.54) is 4.31 Å². The molecular formula is C17H20BrNO3S. The number of aliphatic hydroxyl groups is 1. The van der Waals surface area contributed by atoms with Crippen LogP contribution in [0.15, 0.2) is 57.9 Å². The first-order valence-corrected chi connectivity index (χ1v) is 9.51. The minimum absolute atomic E-state index is 0.214. The number of hydrogen-bond donors (Lipinski definition) is 1. The third kappa shape index (κ3) is 4.41. The van der Waals surface area contributed by atoms with E-state index in [-0.39, 0.29) is 18.0 Å². The van der Waals surface area contributed by atoms with Crippen molar-refractivity contribution in [3.63, 3.8) is 0 Å². The number of halogens is 1. The zero-order valence-corrected chi connectivity index (χ0v) is 15.5. The van der Waals surface area contributed by atoms with Crippen LogP contribution < -0.4 is 0 Å². The molecule has 4 nitrogen and oxygen atoms in total. The van der Waals surface area contributed by atoms with Gasteiger partial charge in [0.1, 0.15) is 0 Å². The Bertz CT molecular complexity index is 742. The molecule has 2 aromatic rings. The van der Waals surface area contributed by atoms with Crippen LogP contribution in [-0.4, -0.2) is 30.5 Å². The van der Waals surface area contributed by atoms with Crippen LogP contribution in [-0.2, 0) is 16.6 Å². The third-order valence-corrected chi connectivity index (χ3v) is 6.14. The summed E-state index contributed by atoms with van der Waals surface area (Å²) in [5.74, 6) is 0. The highest BCUT2D eigenvalue weighted by atomic mass is 79.9. The lowest BCUT2D eigenvalue weighted by Gasteiger charge is -2.27. The quantitative estimate of drug-likeness (QED) is 0.812. The summed E-state index contributed by atoms with van der Waals surface area (Å²) >= 11 is 3.37. The topological polar surface area (TPSA) is 57.6 Å². The monoisotopic (exact) mass is 397 g/mol. The first kappa shape index (κ1) is 18.1. The van der Waals surface area contributed by atoms with Crippen LogP contribution in [0.5, 0.6) is 0 Å². The summed E-state index contributed by atoms with van der Waals surface area (Å²) in [6.07, 6.45) is 0. The van der Waals surface area contributed by atoms with Crippen molar-refractivity contribution < 1.29 is 13.5 Å². The van der Waals surface area contributed by atoms with Crippen molar-refractivity contribution in [3.8, 4) is 0 Å². The lowest BCUT2D eigenvalue weighted by Crippen LogP contribution is -2.40. The van der Waals surface area contributed by atoms with Crippen molar-refractivity contribution in [1.29, 1.82) is 0 Å². The Morgan fingerprint density at radius 2 is 1.65 bits per heavy atom. The highest BCUT2D eigenvalue weighted by Crippen LogP contribution is 2.22. The normalized spacial score (nSPS) is 13.3. The summed E-state index contributed by atoms with van der Waals surface area (Å²) in [6, 6.07) is 13.7. The van der Waals surface area contributed by atoms with Gasteiger partial charge in [0.15, 0.2) is 0 Å². The Morgan fingerprint density at radius 3 is 2.17 bits per heavy atom. The second kappa shape index (κ2) is 7.57. The lowest BCUT2D eigenvalue weighted by molar-refractivity contribution is 0.194. The zero-order valence-electron chi connectivity index (χ0n) is 13.1. The summed E-state index contributed by atoms with van der Waals surface area (Å²) in [5, 5.41) is 9.47. The van der Waals surface area contributed by atoms with Crippen LogP contribution in [0.4, 0.5) is 0 Å². The molecule has 0 aliphatic heterocycles. The molecule has 0 heterocycles. The highest BCUT2D eigenvalue weighted by molar-refractivity contribution is 9.10. The Balaban J connectivity index is 2.37. The number of nitrogens with zero attached hydrogens (tertiary/aromatic N) is 1. The van der Waals surface area contributed by atoms with E-state index in [9.17, 15) is 13.5 Å². The average molecular weight is 398 g/mol.